The molecule has 2 aromatic carbocycles. The summed E-state index contributed by atoms with van der Waals surface area (Å²) >= 11 is 13.1. The molecule has 207 valence electrons. The van der Waals surface area contributed by atoms with E-state index in [2.05, 4.69) is 15.4 Å². The fourth-order valence-electron chi connectivity index (χ4n) is 4.89. The van der Waals surface area contributed by atoms with Gasteiger partial charge in [-0.05, 0) is 96.4 Å². The minimum atomic E-state index is -0.195. The number of hydrogen-bond donors (Lipinski definition) is 2. The van der Waals surface area contributed by atoms with Crippen molar-refractivity contribution in [3.8, 4) is 16.9 Å². The molecule has 0 bridgehead atoms. The van der Waals surface area contributed by atoms with Crippen LogP contribution in [0.15, 0.2) is 24.3 Å². The molecule has 1 amide bonds. The zero-order chi connectivity index (χ0) is 28.6. The average molecular weight is 570 g/mol. The molecule has 0 fully saturated rings. The zero-order valence-electron chi connectivity index (χ0n) is 23.8. The minimum Gasteiger partial charge on any atom is -0.494 e. The first-order valence-electron chi connectivity index (χ1n) is 13.0. The highest BCUT2D eigenvalue weighted by Gasteiger charge is 2.25. The molecule has 0 saturated carbocycles. The van der Waals surface area contributed by atoms with Gasteiger partial charge in [0, 0.05) is 34.3 Å². The predicted octanol–water partition coefficient (Wildman–Crippen LogP) is 6.92. The van der Waals surface area contributed by atoms with Crippen LogP contribution in [0, 0.1) is 33.9 Å². The number of H-pyrrole nitrogens is 1. The summed E-state index contributed by atoms with van der Waals surface area (Å²) < 4.78 is 7.91. The lowest BCUT2D eigenvalue weighted by molar-refractivity contribution is 0.0934. The summed E-state index contributed by atoms with van der Waals surface area (Å²) in [5.74, 6) is 0.595. The number of hydrogen-bond acceptors (Lipinski definition) is 4. The van der Waals surface area contributed by atoms with E-state index in [1.54, 1.807) is 0 Å². The maximum atomic E-state index is 13.5. The van der Waals surface area contributed by atoms with Crippen molar-refractivity contribution in [3.05, 3.63) is 74.2 Å². The summed E-state index contributed by atoms with van der Waals surface area (Å²) in [6.07, 6.45) is 2.10. The SMILES string of the molecule is C[C](NC(=O)c1[nH]c2c(-c3c(C)nn(C)c3C)c(Cl)ccc2c1CCCOc1cc(C)c(Cl)c(C)c1)N(C)C. The molecule has 4 rings (SSSR count). The normalized spacial score (nSPS) is 11.7. The molecular formula is C30H36Cl2N5O2. The van der Waals surface area contributed by atoms with E-state index in [4.69, 9.17) is 27.9 Å². The number of aryl methyl sites for hydroxylation is 5. The number of rotatable bonds is 9. The van der Waals surface area contributed by atoms with E-state index in [0.29, 0.717) is 30.2 Å². The molecule has 0 saturated heterocycles. The largest absolute Gasteiger partial charge is 0.494 e. The van der Waals surface area contributed by atoms with Crippen molar-refractivity contribution in [2.24, 2.45) is 7.05 Å². The van der Waals surface area contributed by atoms with Gasteiger partial charge < -0.3 is 15.0 Å². The van der Waals surface area contributed by atoms with Gasteiger partial charge in [0.2, 0.25) is 0 Å². The summed E-state index contributed by atoms with van der Waals surface area (Å²) in [4.78, 5) is 18.8. The topological polar surface area (TPSA) is 75.2 Å². The molecule has 39 heavy (non-hydrogen) atoms. The van der Waals surface area contributed by atoms with Crippen LogP contribution < -0.4 is 10.1 Å². The summed E-state index contributed by atoms with van der Waals surface area (Å²) in [7, 11) is 5.71. The lowest BCUT2D eigenvalue weighted by Gasteiger charge is -2.19. The van der Waals surface area contributed by atoms with Gasteiger partial charge in [0.15, 0.2) is 0 Å². The Labute approximate surface area is 240 Å². The monoisotopic (exact) mass is 568 g/mol. The summed E-state index contributed by atoms with van der Waals surface area (Å²) in [5, 5.41) is 9.93. The molecule has 2 aromatic heterocycles. The summed E-state index contributed by atoms with van der Waals surface area (Å²) in [5.41, 5.74) is 7.96. The van der Waals surface area contributed by atoms with Gasteiger partial charge in [-0.2, -0.15) is 5.10 Å². The van der Waals surface area contributed by atoms with E-state index >= 15 is 0 Å². The number of nitrogens with one attached hydrogen (secondary N) is 2. The van der Waals surface area contributed by atoms with E-state index in [0.717, 1.165) is 67.0 Å². The molecular weight excluding hydrogens is 533 g/mol. The van der Waals surface area contributed by atoms with Gasteiger partial charge in [-0.3, -0.25) is 14.4 Å². The standard InChI is InChI=1S/C30H36Cl2N5O2/c1-16-14-21(15-17(2)27(16)32)39-13-9-10-22-23-11-12-24(31)26(25-18(3)35-37(8)19(25)4)28(23)34-29(22)30(38)33-20(5)36(6)7/h11-12,14-15,34H,9-10,13H2,1-8H3,(H,33,38). The highest BCUT2D eigenvalue weighted by atomic mass is 35.5. The Morgan fingerprint density at radius 2 is 1.77 bits per heavy atom. The summed E-state index contributed by atoms with van der Waals surface area (Å²) in [6, 6.07) is 7.79. The van der Waals surface area contributed by atoms with Crippen molar-refractivity contribution in [1.82, 2.24) is 25.0 Å². The van der Waals surface area contributed by atoms with Gasteiger partial charge in [0.05, 0.1) is 22.8 Å². The maximum absolute atomic E-state index is 13.5. The lowest BCUT2D eigenvalue weighted by atomic mass is 9.98. The van der Waals surface area contributed by atoms with Crippen molar-refractivity contribution in [2.45, 2.75) is 47.5 Å². The van der Waals surface area contributed by atoms with Gasteiger partial charge in [-0.15, -0.1) is 0 Å². The quantitative estimate of drug-likeness (QED) is 0.215. The van der Waals surface area contributed by atoms with Crippen molar-refractivity contribution >= 4 is 40.0 Å². The molecule has 0 aliphatic rings. The molecule has 2 heterocycles. The molecule has 2 N–H and O–H groups in total. The van der Waals surface area contributed by atoms with Gasteiger partial charge in [-0.25, -0.2) is 0 Å². The molecule has 7 nitrogen and oxygen atoms in total. The van der Waals surface area contributed by atoms with Gasteiger partial charge in [0.1, 0.15) is 17.6 Å². The first-order chi connectivity index (χ1) is 18.4. The average Bonchev–Trinajstić information content (AvgIpc) is 3.36. The number of nitrogens with zero attached hydrogens (tertiary/aromatic N) is 3. The minimum absolute atomic E-state index is 0.195. The third-order valence-electron chi connectivity index (χ3n) is 7.23. The number of ether oxygens (including phenoxy) is 1. The molecule has 4 aromatic rings. The number of aromatic amines is 1. The van der Waals surface area contributed by atoms with Crippen LogP contribution in [-0.2, 0) is 13.5 Å². The smallest absolute Gasteiger partial charge is 0.269 e. The molecule has 0 atom stereocenters. The van der Waals surface area contributed by atoms with Crippen LogP contribution in [-0.4, -0.2) is 46.3 Å². The molecule has 0 aliphatic heterocycles. The number of halogens is 2. The third kappa shape index (κ3) is 5.81. The van der Waals surface area contributed by atoms with Crippen LogP contribution in [0.5, 0.6) is 5.75 Å². The van der Waals surface area contributed by atoms with Gasteiger partial charge in [0.25, 0.3) is 5.91 Å². The van der Waals surface area contributed by atoms with Crippen molar-refractivity contribution in [1.29, 1.82) is 0 Å². The number of amides is 1. The fraction of sp³-hybridized carbons (Fsp3) is 0.367. The fourth-order valence-corrected chi connectivity index (χ4v) is 5.26. The highest BCUT2D eigenvalue weighted by molar-refractivity contribution is 6.35. The van der Waals surface area contributed by atoms with Crippen molar-refractivity contribution in [3.63, 3.8) is 0 Å². The Balaban J connectivity index is 1.72. The van der Waals surface area contributed by atoms with Crippen molar-refractivity contribution in [2.75, 3.05) is 20.7 Å². The lowest BCUT2D eigenvalue weighted by Crippen LogP contribution is -2.36. The molecule has 9 heteroatoms. The summed E-state index contributed by atoms with van der Waals surface area (Å²) in [6.45, 7) is 10.3. The molecule has 1 radical (unpaired) electrons. The van der Waals surface area contributed by atoms with Crippen LogP contribution >= 0.6 is 23.2 Å². The van der Waals surface area contributed by atoms with E-state index in [1.165, 1.54) is 0 Å². The second kappa shape index (κ2) is 11.6. The van der Waals surface area contributed by atoms with E-state index < -0.39 is 0 Å². The molecule has 0 aliphatic carbocycles. The number of carbonyl (C=O) groups is 1. The Morgan fingerprint density at radius 3 is 2.36 bits per heavy atom. The van der Waals surface area contributed by atoms with E-state index in [-0.39, 0.29) is 5.91 Å². The van der Waals surface area contributed by atoms with Crippen LogP contribution in [0.25, 0.3) is 22.0 Å². The Kier molecular flexibility index (Phi) is 8.64. The van der Waals surface area contributed by atoms with Crippen molar-refractivity contribution < 1.29 is 9.53 Å². The van der Waals surface area contributed by atoms with E-state index in [1.807, 2.05) is 89.6 Å². The second-order valence-corrected chi connectivity index (χ2v) is 11.0. The Hall–Kier alpha value is -3.00. The van der Waals surface area contributed by atoms with Gasteiger partial charge in [-0.1, -0.05) is 29.3 Å². The molecule has 0 unspecified atom stereocenters. The second-order valence-electron chi connectivity index (χ2n) is 10.2. The highest BCUT2D eigenvalue weighted by Crippen LogP contribution is 2.40. The number of carbonyl (C=O) groups excluding carboxylic acids is 1. The Morgan fingerprint density at radius 1 is 1.10 bits per heavy atom. The first kappa shape index (κ1) is 29.0. The van der Waals surface area contributed by atoms with Gasteiger partial charge >= 0.3 is 0 Å². The van der Waals surface area contributed by atoms with Crippen LogP contribution in [0.4, 0.5) is 0 Å². The van der Waals surface area contributed by atoms with Crippen LogP contribution in [0.2, 0.25) is 10.0 Å². The maximum Gasteiger partial charge on any atom is 0.269 e. The van der Waals surface area contributed by atoms with Crippen LogP contribution in [0.1, 0.15) is 51.9 Å². The number of aromatic nitrogens is 3. The number of fused-ring (bicyclic) bond motifs is 1. The first-order valence-corrected chi connectivity index (χ1v) is 13.7. The predicted molar refractivity (Wildman–Crippen MR) is 160 cm³/mol. The Bertz CT molecular complexity index is 1510. The van der Waals surface area contributed by atoms with E-state index in [9.17, 15) is 4.79 Å². The van der Waals surface area contributed by atoms with Crippen LogP contribution in [0.3, 0.4) is 0 Å². The molecule has 0 spiro atoms. The third-order valence-corrected chi connectivity index (χ3v) is 8.14. The zero-order valence-corrected chi connectivity index (χ0v) is 25.4. The number of benzene rings is 2.